The zero-order chi connectivity index (χ0) is 13.2. The number of benzene rings is 1. The van der Waals surface area contributed by atoms with Gasteiger partial charge in [-0.25, -0.2) is 0 Å². The van der Waals surface area contributed by atoms with E-state index in [9.17, 15) is 0 Å². The van der Waals surface area contributed by atoms with Crippen LogP contribution in [0.2, 0.25) is 0 Å². The van der Waals surface area contributed by atoms with Crippen molar-refractivity contribution in [3.8, 4) is 11.5 Å². The van der Waals surface area contributed by atoms with Gasteiger partial charge >= 0.3 is 0 Å². The third kappa shape index (κ3) is 2.89. The Morgan fingerprint density at radius 1 is 1.11 bits per heavy atom. The summed E-state index contributed by atoms with van der Waals surface area (Å²) in [5.41, 5.74) is 1.10. The molecule has 3 nitrogen and oxygen atoms in total. The Bertz CT molecular complexity index is 411. The lowest BCUT2D eigenvalue weighted by molar-refractivity contribution is -0.0431. The molecule has 3 heteroatoms. The first kappa shape index (κ1) is 13.1. The topological polar surface area (TPSA) is 30.5 Å². The molecule has 0 amide bonds. The maximum atomic E-state index is 5.73. The fourth-order valence-corrected chi connectivity index (χ4v) is 2.17. The highest BCUT2D eigenvalue weighted by molar-refractivity contribution is 5.56. The molecule has 1 aromatic carbocycles. The number of hydrogen-bond acceptors (Lipinski definition) is 3. The number of ether oxygens (including phenoxy) is 2. The Hall–Kier alpha value is -1.38. The summed E-state index contributed by atoms with van der Waals surface area (Å²) in [4.78, 5) is 0. The van der Waals surface area contributed by atoms with Crippen LogP contribution in [0.15, 0.2) is 18.2 Å². The van der Waals surface area contributed by atoms with Crippen molar-refractivity contribution in [1.29, 1.82) is 0 Å². The normalized spacial score (nSPS) is 16.1. The first-order chi connectivity index (χ1) is 8.54. The highest BCUT2D eigenvalue weighted by Crippen LogP contribution is 2.40. The number of nitrogens with one attached hydrogen (secondary N) is 1. The molecule has 1 aromatic rings. The summed E-state index contributed by atoms with van der Waals surface area (Å²) in [5.74, 6) is 1.84. The molecule has 0 aromatic heterocycles. The van der Waals surface area contributed by atoms with E-state index in [4.69, 9.17) is 9.47 Å². The van der Waals surface area contributed by atoms with Gasteiger partial charge in [-0.3, -0.25) is 0 Å². The van der Waals surface area contributed by atoms with E-state index in [0.717, 1.165) is 29.6 Å². The van der Waals surface area contributed by atoms with Crippen molar-refractivity contribution in [1.82, 2.24) is 0 Å². The quantitative estimate of drug-likeness (QED) is 0.854. The van der Waals surface area contributed by atoms with Crippen molar-refractivity contribution in [2.45, 2.75) is 46.3 Å². The van der Waals surface area contributed by atoms with Gasteiger partial charge in [-0.05, 0) is 18.1 Å². The molecule has 0 bridgehead atoms. The largest absolute Gasteiger partial charge is 0.449 e. The predicted molar refractivity (Wildman–Crippen MR) is 74.3 cm³/mol. The summed E-state index contributed by atoms with van der Waals surface area (Å²) >= 11 is 0. The maximum absolute atomic E-state index is 5.73. The monoisotopic (exact) mass is 249 g/mol. The summed E-state index contributed by atoms with van der Waals surface area (Å²) in [6.07, 6.45) is 2.42. The first-order valence-corrected chi connectivity index (χ1v) is 6.80. The van der Waals surface area contributed by atoms with Crippen LogP contribution < -0.4 is 14.8 Å². The van der Waals surface area contributed by atoms with E-state index in [1.807, 2.05) is 32.0 Å². The van der Waals surface area contributed by atoms with Gasteiger partial charge < -0.3 is 14.8 Å². The van der Waals surface area contributed by atoms with Crippen LogP contribution in [-0.2, 0) is 0 Å². The van der Waals surface area contributed by atoms with Crippen LogP contribution in [0.3, 0.4) is 0 Å². The number of rotatable bonds is 5. The molecule has 1 aliphatic rings. The zero-order valence-corrected chi connectivity index (χ0v) is 11.7. The molecule has 0 saturated heterocycles. The zero-order valence-electron chi connectivity index (χ0n) is 11.7. The van der Waals surface area contributed by atoms with Crippen molar-refractivity contribution < 1.29 is 9.47 Å². The van der Waals surface area contributed by atoms with E-state index in [2.05, 4.69) is 19.2 Å². The third-order valence-corrected chi connectivity index (χ3v) is 3.40. The lowest BCUT2D eigenvalue weighted by Crippen LogP contribution is -2.29. The van der Waals surface area contributed by atoms with Gasteiger partial charge in [0.2, 0.25) is 5.79 Å². The standard InChI is InChI=1S/C15H23NO2/c1-5-11(6-2)10-16-12-7-8-13-14(9-12)18-15(3,4)17-13/h7-9,11,16H,5-6,10H2,1-4H3. The molecule has 1 aliphatic heterocycles. The molecule has 0 spiro atoms. The van der Waals surface area contributed by atoms with Crippen molar-refractivity contribution in [2.24, 2.45) is 5.92 Å². The smallest absolute Gasteiger partial charge is 0.246 e. The van der Waals surface area contributed by atoms with E-state index < -0.39 is 5.79 Å². The average Bonchev–Trinajstić information content (AvgIpc) is 2.63. The van der Waals surface area contributed by atoms with Crippen LogP contribution in [0, 0.1) is 5.92 Å². The van der Waals surface area contributed by atoms with Gasteiger partial charge in [-0.15, -0.1) is 0 Å². The molecule has 0 aliphatic carbocycles. The van der Waals surface area contributed by atoms with E-state index in [0.29, 0.717) is 0 Å². The summed E-state index contributed by atoms with van der Waals surface area (Å²) in [6.45, 7) is 9.32. The van der Waals surface area contributed by atoms with Gasteiger partial charge in [0.05, 0.1) is 0 Å². The molecule has 1 heterocycles. The van der Waals surface area contributed by atoms with Crippen molar-refractivity contribution in [2.75, 3.05) is 11.9 Å². The summed E-state index contributed by atoms with van der Waals surface area (Å²) < 4.78 is 11.4. The maximum Gasteiger partial charge on any atom is 0.246 e. The van der Waals surface area contributed by atoms with Crippen molar-refractivity contribution >= 4 is 5.69 Å². The van der Waals surface area contributed by atoms with Crippen molar-refractivity contribution in [3.05, 3.63) is 18.2 Å². The van der Waals surface area contributed by atoms with Gasteiger partial charge in [0.1, 0.15) is 0 Å². The van der Waals surface area contributed by atoms with Gasteiger partial charge in [-0.2, -0.15) is 0 Å². The minimum Gasteiger partial charge on any atom is -0.449 e. The van der Waals surface area contributed by atoms with Gasteiger partial charge in [-0.1, -0.05) is 26.7 Å². The Morgan fingerprint density at radius 2 is 1.78 bits per heavy atom. The molecule has 18 heavy (non-hydrogen) atoms. The highest BCUT2D eigenvalue weighted by Gasteiger charge is 2.31. The summed E-state index contributed by atoms with van der Waals surface area (Å²) in [7, 11) is 0. The SMILES string of the molecule is CCC(CC)CNc1ccc2c(c1)OC(C)(C)O2. The summed E-state index contributed by atoms with van der Waals surface area (Å²) in [5, 5.41) is 3.47. The fraction of sp³-hybridized carbons (Fsp3) is 0.600. The highest BCUT2D eigenvalue weighted by atomic mass is 16.7. The van der Waals surface area contributed by atoms with Crippen LogP contribution in [-0.4, -0.2) is 12.3 Å². The van der Waals surface area contributed by atoms with Crippen LogP contribution >= 0.6 is 0 Å². The Morgan fingerprint density at radius 3 is 2.44 bits per heavy atom. The Kier molecular flexibility index (Phi) is 3.69. The molecular weight excluding hydrogens is 226 g/mol. The first-order valence-electron chi connectivity index (χ1n) is 6.80. The van der Waals surface area contributed by atoms with E-state index in [1.54, 1.807) is 0 Å². The molecular formula is C15H23NO2. The van der Waals surface area contributed by atoms with Gasteiger partial charge in [0.25, 0.3) is 0 Å². The van der Waals surface area contributed by atoms with Gasteiger partial charge in [0.15, 0.2) is 11.5 Å². The third-order valence-electron chi connectivity index (χ3n) is 3.40. The predicted octanol–water partition coefficient (Wildman–Crippen LogP) is 4.04. The second-order valence-corrected chi connectivity index (χ2v) is 5.33. The average molecular weight is 249 g/mol. The lowest BCUT2D eigenvalue weighted by Gasteiger charge is -2.16. The van der Waals surface area contributed by atoms with Crippen molar-refractivity contribution in [3.63, 3.8) is 0 Å². The number of hydrogen-bond donors (Lipinski definition) is 1. The molecule has 0 saturated carbocycles. The molecule has 0 unspecified atom stereocenters. The minimum absolute atomic E-state index is 0.545. The molecule has 0 fully saturated rings. The van der Waals surface area contributed by atoms with E-state index in [-0.39, 0.29) is 0 Å². The Balaban J connectivity index is 2.01. The minimum atomic E-state index is -0.545. The van der Waals surface area contributed by atoms with E-state index in [1.165, 1.54) is 12.8 Å². The fourth-order valence-electron chi connectivity index (χ4n) is 2.17. The van der Waals surface area contributed by atoms with Crippen LogP contribution in [0.5, 0.6) is 11.5 Å². The van der Waals surface area contributed by atoms with Crippen LogP contribution in [0.1, 0.15) is 40.5 Å². The second-order valence-electron chi connectivity index (χ2n) is 5.33. The summed E-state index contributed by atoms with van der Waals surface area (Å²) in [6, 6.07) is 6.04. The molecule has 100 valence electrons. The number of anilines is 1. The molecule has 1 N–H and O–H groups in total. The second kappa shape index (κ2) is 5.09. The molecule has 2 rings (SSSR count). The van der Waals surface area contributed by atoms with Crippen LogP contribution in [0.4, 0.5) is 5.69 Å². The lowest BCUT2D eigenvalue weighted by atomic mass is 10.0. The Labute approximate surface area is 109 Å². The van der Waals surface area contributed by atoms with E-state index >= 15 is 0 Å². The molecule has 0 radical (unpaired) electrons. The molecule has 0 atom stereocenters. The van der Waals surface area contributed by atoms with Crippen LogP contribution in [0.25, 0.3) is 0 Å². The number of fused-ring (bicyclic) bond motifs is 1. The van der Waals surface area contributed by atoms with Gasteiger partial charge in [0, 0.05) is 32.1 Å².